The van der Waals surface area contributed by atoms with Crippen LogP contribution in [0, 0.1) is 0 Å². The van der Waals surface area contributed by atoms with E-state index in [0.717, 1.165) is 66.1 Å². The summed E-state index contributed by atoms with van der Waals surface area (Å²) >= 11 is 12.7. The molecule has 0 saturated heterocycles. The van der Waals surface area contributed by atoms with Gasteiger partial charge in [0.15, 0.2) is 0 Å². The van der Waals surface area contributed by atoms with Crippen LogP contribution in [0.1, 0.15) is 0 Å². The fraction of sp³-hybridized carbons (Fsp3) is 0. The highest BCUT2D eigenvalue weighted by Crippen LogP contribution is 2.43. The van der Waals surface area contributed by atoms with Gasteiger partial charge in [-0.2, -0.15) is 0 Å². The third kappa shape index (κ3) is 2.96. The van der Waals surface area contributed by atoms with Gasteiger partial charge in [0.2, 0.25) is 0 Å². The molecule has 0 fully saturated rings. The van der Waals surface area contributed by atoms with Gasteiger partial charge in [0, 0.05) is 42.7 Å². The molecule has 7 aromatic rings. The molecule has 2 aromatic heterocycles. The van der Waals surface area contributed by atoms with E-state index in [2.05, 4.69) is 42.5 Å². The highest BCUT2D eigenvalue weighted by atomic mass is 35.5. The molecule has 0 spiro atoms. The fourth-order valence-corrected chi connectivity index (χ4v) is 5.40. The third-order valence-corrected chi connectivity index (χ3v) is 6.80. The molecule has 0 saturated carbocycles. The highest BCUT2D eigenvalue weighted by Gasteiger charge is 2.19. The van der Waals surface area contributed by atoms with Crippen LogP contribution in [-0.4, -0.2) is 0 Å². The molecule has 34 heavy (non-hydrogen) atoms. The second-order valence-electron chi connectivity index (χ2n) is 8.44. The summed E-state index contributed by atoms with van der Waals surface area (Å²) in [5.41, 5.74) is 7.27. The molecule has 0 aliphatic rings. The minimum Gasteiger partial charge on any atom is -0.455 e. The lowest BCUT2D eigenvalue weighted by Gasteiger charge is -2.09. The van der Waals surface area contributed by atoms with E-state index < -0.39 is 0 Å². The quantitative estimate of drug-likeness (QED) is 0.247. The molecule has 0 atom stereocenters. The first kappa shape index (κ1) is 19.7. The van der Waals surface area contributed by atoms with E-state index in [1.807, 2.05) is 48.5 Å². The van der Waals surface area contributed by atoms with Crippen LogP contribution < -0.4 is 0 Å². The summed E-state index contributed by atoms with van der Waals surface area (Å²) < 4.78 is 12.8. The molecule has 0 amide bonds. The van der Waals surface area contributed by atoms with Crippen molar-refractivity contribution in [2.45, 2.75) is 0 Å². The molecule has 7 rings (SSSR count). The average Bonchev–Trinajstić information content (AvgIpc) is 3.41. The van der Waals surface area contributed by atoms with Crippen LogP contribution in [0.15, 0.2) is 106 Å². The van der Waals surface area contributed by atoms with Crippen LogP contribution in [-0.2, 0) is 0 Å². The average molecular weight is 479 g/mol. The first-order valence-corrected chi connectivity index (χ1v) is 11.7. The minimum atomic E-state index is 0.598. The Bertz CT molecular complexity index is 1870. The summed E-state index contributed by atoms with van der Waals surface area (Å²) in [7, 11) is 0. The van der Waals surface area contributed by atoms with Crippen LogP contribution >= 0.6 is 23.2 Å². The number of halogens is 2. The summed E-state index contributed by atoms with van der Waals surface area (Å²) in [5.74, 6) is 0. The molecule has 0 unspecified atom stereocenters. The van der Waals surface area contributed by atoms with Crippen molar-refractivity contribution in [2.75, 3.05) is 0 Å². The Morgan fingerprint density at radius 2 is 1.00 bits per heavy atom. The summed E-state index contributed by atoms with van der Waals surface area (Å²) in [4.78, 5) is 0. The van der Waals surface area contributed by atoms with Gasteiger partial charge in [-0.3, -0.25) is 0 Å². The van der Waals surface area contributed by atoms with Gasteiger partial charge in [-0.05, 0) is 53.6 Å². The molecule has 5 aromatic carbocycles. The van der Waals surface area contributed by atoms with Gasteiger partial charge in [-0.1, -0.05) is 77.8 Å². The number of furan rings is 2. The molecule has 0 aliphatic heterocycles. The summed E-state index contributed by atoms with van der Waals surface area (Å²) in [6.45, 7) is 0. The topological polar surface area (TPSA) is 26.3 Å². The second-order valence-corrected chi connectivity index (χ2v) is 9.31. The fourth-order valence-electron chi connectivity index (χ4n) is 4.87. The van der Waals surface area contributed by atoms with Crippen LogP contribution in [0.25, 0.3) is 66.1 Å². The Hall–Kier alpha value is -3.72. The van der Waals surface area contributed by atoms with Crippen molar-refractivity contribution in [1.29, 1.82) is 0 Å². The van der Waals surface area contributed by atoms with Crippen molar-refractivity contribution in [2.24, 2.45) is 0 Å². The maximum atomic E-state index is 6.41. The van der Waals surface area contributed by atoms with Crippen molar-refractivity contribution >= 4 is 67.1 Å². The lowest BCUT2D eigenvalue weighted by molar-refractivity contribution is 0.665. The molecule has 0 radical (unpaired) electrons. The van der Waals surface area contributed by atoms with Crippen LogP contribution in [0.2, 0.25) is 10.0 Å². The zero-order chi connectivity index (χ0) is 22.8. The minimum absolute atomic E-state index is 0.598. The van der Waals surface area contributed by atoms with E-state index in [9.17, 15) is 0 Å². The van der Waals surface area contributed by atoms with E-state index >= 15 is 0 Å². The van der Waals surface area contributed by atoms with Crippen LogP contribution in [0.3, 0.4) is 0 Å². The lowest BCUT2D eigenvalue weighted by atomic mass is 9.95. The van der Waals surface area contributed by atoms with Gasteiger partial charge in [-0.25, -0.2) is 0 Å². The van der Waals surface area contributed by atoms with E-state index in [-0.39, 0.29) is 0 Å². The Morgan fingerprint density at radius 3 is 1.71 bits per heavy atom. The summed E-state index contributed by atoms with van der Waals surface area (Å²) in [5, 5.41) is 5.46. The Labute approximate surface area is 204 Å². The van der Waals surface area contributed by atoms with Gasteiger partial charge in [0.25, 0.3) is 0 Å². The van der Waals surface area contributed by atoms with Gasteiger partial charge < -0.3 is 8.83 Å². The molecule has 0 aliphatic carbocycles. The van der Waals surface area contributed by atoms with Crippen molar-refractivity contribution in [3.05, 3.63) is 107 Å². The van der Waals surface area contributed by atoms with Crippen LogP contribution in [0.4, 0.5) is 0 Å². The Balaban J connectivity index is 1.62. The van der Waals surface area contributed by atoms with Gasteiger partial charge in [0.1, 0.15) is 22.3 Å². The number of para-hydroxylation sites is 3. The lowest BCUT2D eigenvalue weighted by Crippen LogP contribution is -1.85. The second kappa shape index (κ2) is 7.39. The van der Waals surface area contributed by atoms with Crippen molar-refractivity contribution < 1.29 is 8.83 Å². The largest absolute Gasteiger partial charge is 0.455 e. The normalized spacial score (nSPS) is 11.8. The smallest absolute Gasteiger partial charge is 0.143 e. The first-order valence-electron chi connectivity index (χ1n) is 11.0. The van der Waals surface area contributed by atoms with E-state index in [1.165, 1.54) is 0 Å². The van der Waals surface area contributed by atoms with E-state index in [0.29, 0.717) is 10.0 Å². The maximum absolute atomic E-state index is 6.41. The number of benzene rings is 5. The molecule has 2 nitrogen and oxygen atoms in total. The van der Waals surface area contributed by atoms with Gasteiger partial charge in [0.05, 0.1) is 0 Å². The Kier molecular flexibility index (Phi) is 4.29. The number of rotatable bonds is 2. The van der Waals surface area contributed by atoms with Crippen molar-refractivity contribution in [3.8, 4) is 22.3 Å². The predicted octanol–water partition coefficient (Wildman–Crippen LogP) is 10.1. The van der Waals surface area contributed by atoms with Crippen LogP contribution in [0.5, 0.6) is 0 Å². The zero-order valence-electron chi connectivity index (χ0n) is 17.8. The molecule has 2 heterocycles. The molecular formula is C30H16Cl2O2. The molecule has 0 N–H and O–H groups in total. The SMILES string of the molecule is Clc1cc(Cl)cc(-c2cc(-c3cccc4c3oc3ccccc34)c3oc4ccccc4c3c2)c1. The molecule has 0 bridgehead atoms. The Morgan fingerprint density at radius 1 is 0.441 bits per heavy atom. The highest BCUT2D eigenvalue weighted by molar-refractivity contribution is 6.35. The monoisotopic (exact) mass is 478 g/mol. The summed E-state index contributed by atoms with van der Waals surface area (Å²) in [6.07, 6.45) is 0. The summed E-state index contributed by atoms with van der Waals surface area (Å²) in [6, 6.07) is 32.3. The number of hydrogen-bond donors (Lipinski definition) is 0. The standard InChI is InChI=1S/C30H16Cl2O2/c31-19-12-17(13-20(32)16-19)18-14-25-22-7-2-4-11-28(22)34-30(25)26(15-18)24-9-5-8-23-21-6-1-3-10-27(21)33-29(23)24/h1-16H. The third-order valence-electron chi connectivity index (χ3n) is 6.37. The number of hydrogen-bond acceptors (Lipinski definition) is 2. The van der Waals surface area contributed by atoms with Gasteiger partial charge in [-0.15, -0.1) is 0 Å². The zero-order valence-corrected chi connectivity index (χ0v) is 19.3. The first-order chi connectivity index (χ1) is 16.7. The van der Waals surface area contributed by atoms with Crippen molar-refractivity contribution in [3.63, 3.8) is 0 Å². The molecule has 162 valence electrons. The van der Waals surface area contributed by atoms with Gasteiger partial charge >= 0.3 is 0 Å². The number of fused-ring (bicyclic) bond motifs is 6. The molecular weight excluding hydrogens is 463 g/mol. The molecule has 4 heteroatoms. The maximum Gasteiger partial charge on any atom is 0.143 e. The van der Waals surface area contributed by atoms with Crippen molar-refractivity contribution in [1.82, 2.24) is 0 Å². The van der Waals surface area contributed by atoms with E-state index in [4.69, 9.17) is 32.0 Å². The predicted molar refractivity (Wildman–Crippen MR) is 142 cm³/mol. The van der Waals surface area contributed by atoms with E-state index in [1.54, 1.807) is 6.07 Å².